The molecule has 1 saturated heterocycles. The number of carbonyl (C=O) groups is 2. The minimum Gasteiger partial charge on any atom is -0.481 e. The van der Waals surface area contributed by atoms with Crippen LogP contribution in [0.1, 0.15) is 30.1 Å². The van der Waals surface area contributed by atoms with Crippen LogP contribution >= 0.6 is 0 Å². The van der Waals surface area contributed by atoms with Gasteiger partial charge in [0.1, 0.15) is 0 Å². The molecule has 1 atom stereocenters. The van der Waals surface area contributed by atoms with Crippen molar-refractivity contribution < 1.29 is 19.4 Å². The predicted molar refractivity (Wildman–Crippen MR) is 85.5 cm³/mol. The van der Waals surface area contributed by atoms with Gasteiger partial charge in [-0.3, -0.25) is 9.59 Å². The Kier molecular flexibility index (Phi) is 4.09. The van der Waals surface area contributed by atoms with Crippen LogP contribution in [0, 0.1) is 0 Å². The topological polar surface area (TPSA) is 80.6 Å². The van der Waals surface area contributed by atoms with Crippen LogP contribution in [0.5, 0.6) is 0 Å². The number of nitrogens with one attached hydrogen (secondary N) is 1. The molecule has 1 aliphatic heterocycles. The number of carboxylic acid groups (broad SMARTS) is 1. The molecular formula is C17H20N2O4. The number of nitrogens with zero attached hydrogens (tertiary/aromatic N) is 1. The Morgan fingerprint density at radius 3 is 2.83 bits per heavy atom. The fourth-order valence-electron chi connectivity index (χ4n) is 3.18. The third kappa shape index (κ3) is 2.94. The van der Waals surface area contributed by atoms with E-state index in [0.717, 1.165) is 17.4 Å². The zero-order chi connectivity index (χ0) is 16.4. The number of aromatic nitrogens is 1. The first-order valence-corrected chi connectivity index (χ1v) is 7.74. The quantitative estimate of drug-likeness (QED) is 0.884. The fraction of sp³-hybridized carbons (Fsp3) is 0.412. The Labute approximate surface area is 134 Å². The van der Waals surface area contributed by atoms with Crippen molar-refractivity contribution in [3.63, 3.8) is 0 Å². The number of amides is 1. The van der Waals surface area contributed by atoms with Crippen LogP contribution in [0.25, 0.3) is 10.9 Å². The first-order valence-electron chi connectivity index (χ1n) is 7.74. The van der Waals surface area contributed by atoms with Crippen molar-refractivity contribution in [3.05, 3.63) is 36.0 Å². The second-order valence-electron chi connectivity index (χ2n) is 5.95. The van der Waals surface area contributed by atoms with Crippen LogP contribution in [0.2, 0.25) is 0 Å². The Balaban J connectivity index is 1.92. The summed E-state index contributed by atoms with van der Waals surface area (Å²) in [6.07, 6.45) is 2.20. The Morgan fingerprint density at radius 2 is 2.17 bits per heavy atom. The highest BCUT2D eigenvalue weighted by Gasteiger charge is 2.39. The number of benzene rings is 1. The van der Waals surface area contributed by atoms with Crippen LogP contribution < -0.4 is 5.32 Å². The number of hydrogen-bond donors (Lipinski definition) is 2. The molecule has 0 bridgehead atoms. The Morgan fingerprint density at radius 1 is 1.39 bits per heavy atom. The van der Waals surface area contributed by atoms with E-state index in [1.54, 1.807) is 0 Å². The highest BCUT2D eigenvalue weighted by atomic mass is 16.5. The maximum atomic E-state index is 12.8. The monoisotopic (exact) mass is 316 g/mol. The van der Waals surface area contributed by atoms with E-state index in [-0.39, 0.29) is 18.9 Å². The minimum absolute atomic E-state index is 0.134. The van der Waals surface area contributed by atoms with Gasteiger partial charge in [0.15, 0.2) is 0 Å². The molecule has 0 spiro atoms. The van der Waals surface area contributed by atoms with Gasteiger partial charge in [0.25, 0.3) is 5.91 Å². The first-order chi connectivity index (χ1) is 11.0. The lowest BCUT2D eigenvalue weighted by atomic mass is 9.93. The fourth-order valence-corrected chi connectivity index (χ4v) is 3.18. The molecule has 3 rings (SSSR count). The number of para-hydroxylation sites is 1. The zero-order valence-electron chi connectivity index (χ0n) is 13.0. The predicted octanol–water partition coefficient (Wildman–Crippen LogP) is 2.02. The third-order valence-electron chi connectivity index (χ3n) is 4.35. The molecule has 1 aromatic heterocycles. The molecule has 2 heterocycles. The van der Waals surface area contributed by atoms with E-state index in [0.29, 0.717) is 18.6 Å². The molecule has 1 unspecified atom stereocenters. The average Bonchev–Trinajstić information content (AvgIpc) is 3.11. The summed E-state index contributed by atoms with van der Waals surface area (Å²) < 4.78 is 7.34. The number of ether oxygens (including phenoxy) is 1. The van der Waals surface area contributed by atoms with E-state index in [1.807, 2.05) is 42.0 Å². The lowest BCUT2D eigenvalue weighted by Gasteiger charge is -2.26. The summed E-state index contributed by atoms with van der Waals surface area (Å²) in [4.78, 5) is 23.9. The lowest BCUT2D eigenvalue weighted by Crippen LogP contribution is -2.50. The van der Waals surface area contributed by atoms with Crippen LogP contribution in [0.3, 0.4) is 0 Å². The molecule has 0 saturated carbocycles. The van der Waals surface area contributed by atoms with Gasteiger partial charge in [0.05, 0.1) is 24.1 Å². The maximum Gasteiger partial charge on any atom is 0.305 e. The summed E-state index contributed by atoms with van der Waals surface area (Å²) in [6.45, 7) is 3.48. The summed E-state index contributed by atoms with van der Waals surface area (Å²) in [5.41, 5.74) is 0.743. The summed E-state index contributed by atoms with van der Waals surface area (Å²) in [6, 6.07) is 7.71. The van der Waals surface area contributed by atoms with E-state index >= 15 is 0 Å². The number of fused-ring (bicyclic) bond motifs is 1. The van der Waals surface area contributed by atoms with Gasteiger partial charge in [0.2, 0.25) is 0 Å². The molecule has 0 aliphatic carbocycles. The largest absolute Gasteiger partial charge is 0.481 e. The summed E-state index contributed by atoms with van der Waals surface area (Å²) >= 11 is 0. The van der Waals surface area contributed by atoms with Gasteiger partial charge in [-0.1, -0.05) is 18.2 Å². The average molecular weight is 316 g/mol. The van der Waals surface area contributed by atoms with E-state index < -0.39 is 11.5 Å². The van der Waals surface area contributed by atoms with E-state index in [1.165, 1.54) is 0 Å². The second-order valence-corrected chi connectivity index (χ2v) is 5.95. The van der Waals surface area contributed by atoms with Gasteiger partial charge < -0.3 is 19.7 Å². The molecule has 6 heteroatoms. The maximum absolute atomic E-state index is 12.8. The van der Waals surface area contributed by atoms with Crippen molar-refractivity contribution in [2.45, 2.75) is 31.8 Å². The molecule has 6 nitrogen and oxygen atoms in total. The normalized spacial score (nSPS) is 20.7. The van der Waals surface area contributed by atoms with Crippen LogP contribution in [0.15, 0.2) is 30.5 Å². The van der Waals surface area contributed by atoms with Gasteiger partial charge in [0, 0.05) is 30.3 Å². The molecule has 2 N–H and O–H groups in total. The minimum atomic E-state index is -0.938. The zero-order valence-corrected chi connectivity index (χ0v) is 13.0. The Hall–Kier alpha value is -2.34. The first kappa shape index (κ1) is 15.6. The number of rotatable bonds is 5. The number of aryl methyl sites for hydroxylation is 1. The summed E-state index contributed by atoms with van der Waals surface area (Å²) in [7, 11) is 0. The number of aliphatic carboxylic acids is 1. The molecule has 1 aromatic carbocycles. The van der Waals surface area contributed by atoms with Crippen molar-refractivity contribution in [3.8, 4) is 0 Å². The molecular weight excluding hydrogens is 296 g/mol. The van der Waals surface area contributed by atoms with Gasteiger partial charge in [-0.05, 0) is 19.4 Å². The molecule has 0 radical (unpaired) electrons. The second kappa shape index (κ2) is 6.04. The highest BCUT2D eigenvalue weighted by molar-refractivity contribution is 6.07. The van der Waals surface area contributed by atoms with Crippen LogP contribution in [0.4, 0.5) is 0 Å². The van der Waals surface area contributed by atoms with Crippen LogP contribution in [-0.4, -0.2) is 40.3 Å². The van der Waals surface area contributed by atoms with Gasteiger partial charge in [-0.15, -0.1) is 0 Å². The van der Waals surface area contributed by atoms with Gasteiger partial charge in [-0.2, -0.15) is 0 Å². The van der Waals surface area contributed by atoms with Crippen LogP contribution in [-0.2, 0) is 16.1 Å². The van der Waals surface area contributed by atoms with Crippen molar-refractivity contribution in [1.82, 2.24) is 9.88 Å². The van der Waals surface area contributed by atoms with Gasteiger partial charge >= 0.3 is 5.97 Å². The number of carboxylic acids is 1. The molecule has 1 aliphatic rings. The number of carbonyl (C=O) groups excluding carboxylic acids is 1. The SMILES string of the molecule is CCn1cc(C(=O)NC2(CC(=O)O)CCOC2)c2ccccc21. The molecule has 1 fully saturated rings. The van der Waals surface area contributed by atoms with E-state index in [2.05, 4.69) is 5.32 Å². The third-order valence-corrected chi connectivity index (χ3v) is 4.35. The molecule has 23 heavy (non-hydrogen) atoms. The Bertz CT molecular complexity index is 744. The van der Waals surface area contributed by atoms with Crippen molar-refractivity contribution >= 4 is 22.8 Å². The molecule has 2 aromatic rings. The standard InChI is InChI=1S/C17H20N2O4/c1-2-19-10-13(12-5-3-4-6-14(12)19)16(22)18-17(9-15(20)21)7-8-23-11-17/h3-6,10H,2,7-9,11H2,1H3,(H,18,22)(H,20,21). The van der Waals surface area contributed by atoms with Crippen molar-refractivity contribution in [1.29, 1.82) is 0 Å². The molecule has 122 valence electrons. The highest BCUT2D eigenvalue weighted by Crippen LogP contribution is 2.26. The van der Waals surface area contributed by atoms with E-state index in [9.17, 15) is 9.59 Å². The van der Waals surface area contributed by atoms with Crippen molar-refractivity contribution in [2.75, 3.05) is 13.2 Å². The van der Waals surface area contributed by atoms with Crippen molar-refractivity contribution in [2.24, 2.45) is 0 Å². The summed E-state index contributed by atoms with van der Waals surface area (Å²) in [5, 5.41) is 12.9. The number of hydrogen-bond acceptors (Lipinski definition) is 3. The van der Waals surface area contributed by atoms with E-state index in [4.69, 9.17) is 9.84 Å². The van der Waals surface area contributed by atoms with Gasteiger partial charge in [-0.25, -0.2) is 0 Å². The smallest absolute Gasteiger partial charge is 0.305 e. The summed E-state index contributed by atoms with van der Waals surface area (Å²) in [5.74, 6) is -1.19. The lowest BCUT2D eigenvalue weighted by molar-refractivity contribution is -0.138. The molecule has 1 amide bonds.